The molecular formula is C16H21N3O3. The lowest BCUT2D eigenvalue weighted by Gasteiger charge is -2.56. The van der Waals surface area contributed by atoms with Crippen LogP contribution in [0.2, 0.25) is 0 Å². The molecule has 3 saturated heterocycles. The van der Waals surface area contributed by atoms with Crippen molar-refractivity contribution < 1.29 is 14.3 Å². The summed E-state index contributed by atoms with van der Waals surface area (Å²) in [5.41, 5.74) is 0.111. The zero-order chi connectivity index (χ0) is 15.9. The monoisotopic (exact) mass is 303 g/mol. The summed E-state index contributed by atoms with van der Waals surface area (Å²) < 4.78 is 5.46. The van der Waals surface area contributed by atoms with Crippen molar-refractivity contribution in [3.63, 3.8) is 0 Å². The van der Waals surface area contributed by atoms with Crippen LogP contribution in [0.4, 0.5) is 10.6 Å². The van der Waals surface area contributed by atoms with E-state index < -0.39 is 5.60 Å². The Labute approximate surface area is 130 Å². The van der Waals surface area contributed by atoms with E-state index in [4.69, 9.17) is 4.74 Å². The molecule has 3 fully saturated rings. The van der Waals surface area contributed by atoms with Crippen LogP contribution in [-0.2, 0) is 4.74 Å². The zero-order valence-corrected chi connectivity index (χ0v) is 13.2. The molecule has 0 aromatic carbocycles. The summed E-state index contributed by atoms with van der Waals surface area (Å²) in [6.07, 6.45) is 3.26. The largest absolute Gasteiger partial charge is 0.444 e. The number of hydrogen-bond donors (Lipinski definition) is 0. The summed E-state index contributed by atoms with van der Waals surface area (Å²) in [7, 11) is 0. The molecule has 2 bridgehead atoms. The molecule has 0 N–H and O–H groups in total. The number of carbonyl (C=O) groups is 2. The van der Waals surface area contributed by atoms with Crippen molar-refractivity contribution in [2.75, 3.05) is 18.0 Å². The molecule has 4 rings (SSSR count). The van der Waals surface area contributed by atoms with E-state index in [0.717, 1.165) is 12.7 Å². The standard InChI is InChI=1S/C16H21N3O3/c1-16(2,3)22-15(21)19-12-7-13(19)9-18(8-12)14-11(10-20)5-4-6-17-14/h4-6,10,12-13H,7-9H2,1-3H3. The SMILES string of the molecule is CC(C)(C)OC(=O)N1C2CC1CN(c1ncccc1C=O)C2. The van der Waals surface area contributed by atoms with Crippen LogP contribution in [0, 0.1) is 0 Å². The maximum Gasteiger partial charge on any atom is 0.410 e. The number of anilines is 1. The van der Waals surface area contributed by atoms with Gasteiger partial charge in [-0.3, -0.25) is 9.69 Å². The zero-order valence-electron chi connectivity index (χ0n) is 13.2. The van der Waals surface area contributed by atoms with Gasteiger partial charge in [-0.1, -0.05) is 0 Å². The van der Waals surface area contributed by atoms with Gasteiger partial charge in [-0.05, 0) is 39.3 Å². The Bertz CT molecular complexity index is 585. The highest BCUT2D eigenvalue weighted by Crippen LogP contribution is 2.35. The van der Waals surface area contributed by atoms with Gasteiger partial charge in [0.2, 0.25) is 0 Å². The number of aldehydes is 1. The summed E-state index contributed by atoms with van der Waals surface area (Å²) in [6, 6.07) is 3.79. The van der Waals surface area contributed by atoms with Crippen molar-refractivity contribution in [3.8, 4) is 0 Å². The lowest BCUT2D eigenvalue weighted by Crippen LogP contribution is -2.70. The summed E-state index contributed by atoms with van der Waals surface area (Å²) in [5, 5.41) is 0. The third-order valence-electron chi connectivity index (χ3n) is 4.04. The molecule has 0 radical (unpaired) electrons. The Kier molecular flexibility index (Phi) is 3.54. The predicted octanol–water partition coefficient (Wildman–Crippen LogP) is 2.09. The molecule has 2 unspecified atom stereocenters. The summed E-state index contributed by atoms with van der Waals surface area (Å²) in [4.78, 5) is 31.6. The Hall–Kier alpha value is -2.11. The second kappa shape index (κ2) is 5.26. The number of piperazine rings is 1. The van der Waals surface area contributed by atoms with Gasteiger partial charge in [0, 0.05) is 19.3 Å². The first kappa shape index (κ1) is 14.8. The van der Waals surface area contributed by atoms with E-state index in [0.29, 0.717) is 24.5 Å². The highest BCUT2D eigenvalue weighted by Gasteiger charge is 2.49. The van der Waals surface area contributed by atoms with E-state index in [1.807, 2.05) is 25.7 Å². The van der Waals surface area contributed by atoms with Crippen molar-refractivity contribution >= 4 is 18.2 Å². The molecule has 1 aromatic rings. The van der Waals surface area contributed by atoms with Gasteiger partial charge >= 0.3 is 6.09 Å². The molecule has 1 amide bonds. The van der Waals surface area contributed by atoms with Crippen molar-refractivity contribution in [3.05, 3.63) is 23.9 Å². The Balaban J connectivity index is 1.70. The summed E-state index contributed by atoms with van der Waals surface area (Å²) >= 11 is 0. The van der Waals surface area contributed by atoms with Gasteiger partial charge in [0.05, 0.1) is 17.6 Å². The molecular weight excluding hydrogens is 282 g/mol. The molecule has 0 aliphatic carbocycles. The van der Waals surface area contributed by atoms with E-state index >= 15 is 0 Å². The molecule has 6 nitrogen and oxygen atoms in total. The van der Waals surface area contributed by atoms with Crippen LogP contribution in [0.3, 0.4) is 0 Å². The highest BCUT2D eigenvalue weighted by atomic mass is 16.6. The number of pyridine rings is 1. The van der Waals surface area contributed by atoms with Crippen LogP contribution in [0.15, 0.2) is 18.3 Å². The number of aromatic nitrogens is 1. The smallest absolute Gasteiger partial charge is 0.410 e. The Morgan fingerprint density at radius 3 is 2.64 bits per heavy atom. The molecule has 4 heterocycles. The second-order valence-electron chi connectivity index (χ2n) is 6.87. The number of amides is 1. The molecule has 3 aliphatic heterocycles. The number of ether oxygens (including phenoxy) is 1. The first-order valence-electron chi connectivity index (χ1n) is 7.55. The van der Waals surface area contributed by atoms with Gasteiger partial charge < -0.3 is 9.64 Å². The minimum Gasteiger partial charge on any atom is -0.444 e. The van der Waals surface area contributed by atoms with E-state index in [1.165, 1.54) is 0 Å². The minimum atomic E-state index is -0.480. The van der Waals surface area contributed by atoms with Crippen LogP contribution < -0.4 is 4.90 Å². The highest BCUT2D eigenvalue weighted by molar-refractivity contribution is 5.83. The topological polar surface area (TPSA) is 62.7 Å². The normalized spacial score (nSPS) is 23.8. The average Bonchev–Trinajstić information content (AvgIpc) is 2.45. The van der Waals surface area contributed by atoms with Gasteiger partial charge in [0.25, 0.3) is 0 Å². The van der Waals surface area contributed by atoms with Crippen LogP contribution in [-0.4, -0.2) is 53.0 Å². The molecule has 1 aromatic heterocycles. The van der Waals surface area contributed by atoms with Crippen molar-refractivity contribution in [1.29, 1.82) is 0 Å². The van der Waals surface area contributed by atoms with E-state index in [1.54, 1.807) is 18.3 Å². The van der Waals surface area contributed by atoms with E-state index in [2.05, 4.69) is 9.88 Å². The third-order valence-corrected chi connectivity index (χ3v) is 4.04. The lowest BCUT2D eigenvalue weighted by molar-refractivity contribution is -0.0380. The Morgan fingerprint density at radius 2 is 2.05 bits per heavy atom. The van der Waals surface area contributed by atoms with Gasteiger partial charge in [0.1, 0.15) is 11.4 Å². The molecule has 6 heteroatoms. The fourth-order valence-corrected chi connectivity index (χ4v) is 3.16. The molecule has 118 valence electrons. The van der Waals surface area contributed by atoms with Crippen molar-refractivity contribution in [1.82, 2.24) is 9.88 Å². The first-order valence-corrected chi connectivity index (χ1v) is 7.55. The van der Waals surface area contributed by atoms with Crippen LogP contribution >= 0.6 is 0 Å². The molecule has 0 spiro atoms. The Morgan fingerprint density at radius 1 is 1.36 bits per heavy atom. The number of carbonyl (C=O) groups excluding carboxylic acids is 2. The predicted molar refractivity (Wildman–Crippen MR) is 82.1 cm³/mol. The molecule has 0 saturated carbocycles. The van der Waals surface area contributed by atoms with Crippen LogP contribution in [0.5, 0.6) is 0 Å². The third kappa shape index (κ3) is 2.65. The number of piperidine rings is 1. The lowest BCUT2D eigenvalue weighted by atomic mass is 9.88. The van der Waals surface area contributed by atoms with E-state index in [-0.39, 0.29) is 18.2 Å². The van der Waals surface area contributed by atoms with Gasteiger partial charge in [-0.15, -0.1) is 0 Å². The van der Waals surface area contributed by atoms with Crippen LogP contribution in [0.25, 0.3) is 0 Å². The molecule has 2 atom stereocenters. The summed E-state index contributed by atoms with van der Waals surface area (Å²) in [6.45, 7) is 6.99. The van der Waals surface area contributed by atoms with Crippen LogP contribution in [0.1, 0.15) is 37.6 Å². The van der Waals surface area contributed by atoms with Crippen molar-refractivity contribution in [2.45, 2.75) is 44.9 Å². The fraction of sp³-hybridized carbons (Fsp3) is 0.562. The molecule has 22 heavy (non-hydrogen) atoms. The number of rotatable bonds is 2. The first-order chi connectivity index (χ1) is 10.4. The van der Waals surface area contributed by atoms with Gasteiger partial charge in [-0.25, -0.2) is 9.78 Å². The fourth-order valence-electron chi connectivity index (χ4n) is 3.16. The minimum absolute atomic E-state index is 0.134. The van der Waals surface area contributed by atoms with Crippen molar-refractivity contribution in [2.24, 2.45) is 0 Å². The number of hydrogen-bond acceptors (Lipinski definition) is 5. The summed E-state index contributed by atoms with van der Waals surface area (Å²) in [5.74, 6) is 0.705. The molecule has 3 aliphatic rings. The number of fused-ring (bicyclic) bond motifs is 2. The van der Waals surface area contributed by atoms with E-state index in [9.17, 15) is 9.59 Å². The van der Waals surface area contributed by atoms with Gasteiger partial charge in [0.15, 0.2) is 6.29 Å². The number of nitrogens with zero attached hydrogens (tertiary/aromatic N) is 3. The quantitative estimate of drug-likeness (QED) is 0.783. The van der Waals surface area contributed by atoms with Gasteiger partial charge in [-0.2, -0.15) is 0 Å². The average molecular weight is 303 g/mol. The second-order valence-corrected chi connectivity index (χ2v) is 6.87. The maximum atomic E-state index is 12.2. The maximum absolute atomic E-state index is 12.2.